The second-order valence-electron chi connectivity index (χ2n) is 7.52. The fourth-order valence-electron chi connectivity index (χ4n) is 3.51. The lowest BCUT2D eigenvalue weighted by molar-refractivity contribution is -0.111. The number of amides is 1. The van der Waals surface area contributed by atoms with Gasteiger partial charge in [0, 0.05) is 23.6 Å². The highest BCUT2D eigenvalue weighted by atomic mass is 35.5. The number of hydrogen-bond acceptors (Lipinski definition) is 6. The number of nitrogen functional groups attached to an aromatic ring is 1. The average Bonchev–Trinajstić information content (AvgIpc) is 2.74. The first kappa shape index (κ1) is 22.0. The molecule has 7 nitrogen and oxygen atoms in total. The summed E-state index contributed by atoms with van der Waals surface area (Å²) in [5.41, 5.74) is 7.96. The van der Waals surface area contributed by atoms with Crippen molar-refractivity contribution in [3.63, 3.8) is 0 Å². The number of carbonyl (C=O) groups excluding carboxylic acids is 1. The van der Waals surface area contributed by atoms with E-state index in [9.17, 15) is 9.18 Å². The van der Waals surface area contributed by atoms with Gasteiger partial charge in [-0.25, -0.2) is 14.4 Å². The van der Waals surface area contributed by atoms with Crippen LogP contribution >= 0.6 is 11.6 Å². The van der Waals surface area contributed by atoms with E-state index in [0.717, 1.165) is 26.1 Å². The average molecular weight is 456 g/mol. The first-order chi connectivity index (χ1) is 15.4. The molecule has 1 aliphatic rings. The lowest BCUT2D eigenvalue weighted by Crippen LogP contribution is -2.38. The molecule has 0 aliphatic carbocycles. The minimum absolute atomic E-state index is 0.0322. The summed E-state index contributed by atoms with van der Waals surface area (Å²) in [7, 11) is 0. The van der Waals surface area contributed by atoms with Gasteiger partial charge in [0.1, 0.15) is 11.6 Å². The Labute approximate surface area is 190 Å². The van der Waals surface area contributed by atoms with Crippen LogP contribution in [0.15, 0.2) is 43.0 Å². The van der Waals surface area contributed by atoms with Crippen molar-refractivity contribution >= 4 is 40.0 Å². The maximum atomic E-state index is 13.7. The van der Waals surface area contributed by atoms with Crippen molar-refractivity contribution in [3.05, 3.63) is 53.8 Å². The molecule has 1 saturated heterocycles. The maximum Gasteiger partial charge on any atom is 0.247 e. The second-order valence-corrected chi connectivity index (χ2v) is 7.92. The van der Waals surface area contributed by atoms with E-state index in [4.69, 9.17) is 22.1 Å². The van der Waals surface area contributed by atoms with Gasteiger partial charge >= 0.3 is 0 Å². The number of hydrogen-bond donors (Lipinski definition) is 2. The zero-order valence-corrected chi connectivity index (χ0v) is 18.2. The van der Waals surface area contributed by atoms with Crippen molar-refractivity contribution in [1.82, 2.24) is 14.9 Å². The van der Waals surface area contributed by atoms with Gasteiger partial charge in [0.15, 0.2) is 0 Å². The number of rotatable bonds is 8. The smallest absolute Gasteiger partial charge is 0.247 e. The SMILES string of the molecule is C=CC(=O)Nc1cc2c(-c3ccc(F)c(Cl)c3)nc(N)nc2cc1OCCCN1CCC1. The van der Waals surface area contributed by atoms with E-state index in [0.29, 0.717) is 40.2 Å². The van der Waals surface area contributed by atoms with Crippen LogP contribution in [0, 0.1) is 5.82 Å². The molecule has 1 aliphatic heterocycles. The van der Waals surface area contributed by atoms with Gasteiger partial charge in [0.25, 0.3) is 0 Å². The Kier molecular flexibility index (Phi) is 6.53. The minimum atomic E-state index is -0.533. The molecule has 0 saturated carbocycles. The summed E-state index contributed by atoms with van der Waals surface area (Å²) >= 11 is 5.97. The summed E-state index contributed by atoms with van der Waals surface area (Å²) in [5.74, 6) is -0.385. The molecule has 0 atom stereocenters. The van der Waals surface area contributed by atoms with E-state index in [-0.39, 0.29) is 16.9 Å². The predicted molar refractivity (Wildman–Crippen MR) is 124 cm³/mol. The molecule has 1 fully saturated rings. The van der Waals surface area contributed by atoms with Crippen molar-refractivity contribution < 1.29 is 13.9 Å². The van der Waals surface area contributed by atoms with Gasteiger partial charge in [0.2, 0.25) is 11.9 Å². The molecule has 0 spiro atoms. The number of halogens is 2. The number of benzene rings is 2. The van der Waals surface area contributed by atoms with Crippen molar-refractivity contribution in [2.24, 2.45) is 0 Å². The van der Waals surface area contributed by atoms with E-state index >= 15 is 0 Å². The normalized spacial score (nSPS) is 13.6. The summed E-state index contributed by atoms with van der Waals surface area (Å²) in [5, 5.41) is 3.35. The molecular weight excluding hydrogens is 433 g/mol. The lowest BCUT2D eigenvalue weighted by Gasteiger charge is -2.30. The van der Waals surface area contributed by atoms with Gasteiger partial charge < -0.3 is 20.7 Å². The first-order valence-corrected chi connectivity index (χ1v) is 10.7. The molecule has 32 heavy (non-hydrogen) atoms. The Morgan fingerprint density at radius 3 is 2.81 bits per heavy atom. The summed E-state index contributed by atoms with van der Waals surface area (Å²) in [6.45, 7) is 7.21. The van der Waals surface area contributed by atoms with Crippen LogP contribution in [-0.2, 0) is 4.79 Å². The Bertz CT molecular complexity index is 1180. The standard InChI is InChI=1S/C23H23ClFN5O2/c1-2-21(31)27-19-12-15-18(13-20(19)32-10-4-9-30-7-3-8-30)28-23(26)29-22(15)14-5-6-17(25)16(24)11-14/h2,5-6,11-13H,1,3-4,7-10H2,(H,27,31)(H2,26,28,29). The molecule has 1 amide bonds. The number of nitrogens with zero attached hydrogens (tertiary/aromatic N) is 3. The maximum absolute atomic E-state index is 13.7. The van der Waals surface area contributed by atoms with Crippen LogP contribution in [0.25, 0.3) is 22.2 Å². The molecule has 1 aromatic heterocycles. The van der Waals surface area contributed by atoms with Crippen LogP contribution in [0.4, 0.5) is 16.0 Å². The van der Waals surface area contributed by atoms with Crippen molar-refractivity contribution in [1.29, 1.82) is 0 Å². The Morgan fingerprint density at radius 2 is 2.12 bits per heavy atom. The van der Waals surface area contributed by atoms with E-state index in [1.807, 2.05) is 0 Å². The Hall–Kier alpha value is -3.23. The third kappa shape index (κ3) is 4.81. The van der Waals surface area contributed by atoms with E-state index in [2.05, 4.69) is 26.8 Å². The number of fused-ring (bicyclic) bond motifs is 1. The van der Waals surface area contributed by atoms with Crippen molar-refractivity contribution in [3.8, 4) is 17.0 Å². The van der Waals surface area contributed by atoms with Gasteiger partial charge in [0.05, 0.1) is 28.5 Å². The number of aromatic nitrogens is 2. The second kappa shape index (κ2) is 9.50. The number of carbonyl (C=O) groups is 1. The highest BCUT2D eigenvalue weighted by molar-refractivity contribution is 6.31. The third-order valence-corrected chi connectivity index (χ3v) is 5.57. The Morgan fingerprint density at radius 1 is 1.31 bits per heavy atom. The molecule has 166 valence electrons. The highest BCUT2D eigenvalue weighted by Gasteiger charge is 2.17. The van der Waals surface area contributed by atoms with Crippen LogP contribution < -0.4 is 15.8 Å². The quantitative estimate of drug-likeness (QED) is 0.389. The van der Waals surface area contributed by atoms with Crippen molar-refractivity contribution in [2.45, 2.75) is 12.8 Å². The summed E-state index contributed by atoms with van der Waals surface area (Å²) < 4.78 is 19.6. The van der Waals surface area contributed by atoms with Crippen LogP contribution in [0.1, 0.15) is 12.8 Å². The summed E-state index contributed by atoms with van der Waals surface area (Å²) in [6.07, 6.45) is 3.28. The third-order valence-electron chi connectivity index (χ3n) is 5.28. The zero-order chi connectivity index (χ0) is 22.7. The van der Waals surface area contributed by atoms with Gasteiger partial charge in [-0.1, -0.05) is 18.2 Å². The topological polar surface area (TPSA) is 93.4 Å². The molecule has 3 N–H and O–H groups in total. The monoisotopic (exact) mass is 455 g/mol. The van der Waals surface area contributed by atoms with Crippen LogP contribution in [0.2, 0.25) is 5.02 Å². The van der Waals surface area contributed by atoms with Gasteiger partial charge in [-0.05, 0) is 56.3 Å². The molecule has 0 bridgehead atoms. The molecule has 0 radical (unpaired) electrons. The number of nitrogens with one attached hydrogen (secondary N) is 1. The number of ether oxygens (including phenoxy) is 1. The molecular formula is C23H23ClFN5O2. The summed E-state index contributed by atoms with van der Waals surface area (Å²) in [4.78, 5) is 23.0. The van der Waals surface area contributed by atoms with Gasteiger partial charge in [-0.3, -0.25) is 4.79 Å². The highest BCUT2D eigenvalue weighted by Crippen LogP contribution is 2.36. The summed E-state index contributed by atoms with van der Waals surface area (Å²) in [6, 6.07) is 7.72. The molecule has 2 aromatic carbocycles. The fraction of sp³-hybridized carbons (Fsp3) is 0.261. The predicted octanol–water partition coefficient (Wildman–Crippen LogP) is 4.27. The van der Waals surface area contributed by atoms with E-state index < -0.39 is 5.82 Å². The lowest BCUT2D eigenvalue weighted by atomic mass is 10.1. The van der Waals surface area contributed by atoms with Gasteiger partial charge in [-0.15, -0.1) is 0 Å². The first-order valence-electron chi connectivity index (χ1n) is 10.3. The van der Waals surface area contributed by atoms with Crippen LogP contribution in [-0.4, -0.2) is 47.0 Å². The molecule has 2 heterocycles. The fourth-order valence-corrected chi connectivity index (χ4v) is 3.69. The number of likely N-dealkylation sites (tertiary alicyclic amines) is 1. The number of nitrogens with two attached hydrogens (primary N) is 1. The largest absolute Gasteiger partial charge is 0.491 e. The van der Waals surface area contributed by atoms with E-state index in [1.54, 1.807) is 18.2 Å². The van der Waals surface area contributed by atoms with Crippen LogP contribution in [0.3, 0.4) is 0 Å². The molecule has 0 unspecified atom stereocenters. The Balaban J connectivity index is 1.72. The molecule has 4 rings (SSSR count). The van der Waals surface area contributed by atoms with Crippen molar-refractivity contribution in [2.75, 3.05) is 37.3 Å². The van der Waals surface area contributed by atoms with Crippen LogP contribution in [0.5, 0.6) is 5.75 Å². The minimum Gasteiger partial charge on any atom is -0.491 e. The zero-order valence-electron chi connectivity index (χ0n) is 17.4. The number of anilines is 2. The van der Waals surface area contributed by atoms with Gasteiger partial charge in [-0.2, -0.15) is 0 Å². The molecule has 9 heteroatoms. The molecule has 3 aromatic rings. The van der Waals surface area contributed by atoms with E-state index in [1.165, 1.54) is 24.6 Å².